The number of hydrogen-bond donors (Lipinski definition) is 1. The lowest BCUT2D eigenvalue weighted by Gasteiger charge is -2.31. The van der Waals surface area contributed by atoms with Crippen molar-refractivity contribution in [2.75, 3.05) is 19.3 Å². The molecule has 3 unspecified atom stereocenters. The Labute approximate surface area is 132 Å². The maximum absolute atomic E-state index is 12.4. The molecule has 0 aromatic rings. The minimum atomic E-state index is -4.42. The molecule has 2 aliphatic rings. The van der Waals surface area contributed by atoms with Crippen molar-refractivity contribution < 1.29 is 22.8 Å². The summed E-state index contributed by atoms with van der Waals surface area (Å²) in [6.45, 7) is -1.41. The van der Waals surface area contributed by atoms with E-state index in [1.165, 1.54) is 0 Å². The summed E-state index contributed by atoms with van der Waals surface area (Å²) in [4.78, 5) is 24.6. The second-order valence-corrected chi connectivity index (χ2v) is 7.04. The van der Waals surface area contributed by atoms with E-state index in [1.807, 2.05) is 6.26 Å². The third-order valence-electron chi connectivity index (χ3n) is 4.29. The molecule has 4 nitrogen and oxygen atoms in total. The first-order chi connectivity index (χ1) is 10.3. The lowest BCUT2D eigenvalue weighted by molar-refractivity contribution is -0.157. The number of likely N-dealkylation sites (tertiary alicyclic amines) is 1. The molecule has 1 N–H and O–H groups in total. The molecule has 0 radical (unpaired) electrons. The van der Waals surface area contributed by atoms with Crippen molar-refractivity contribution in [2.45, 2.75) is 49.6 Å². The number of amides is 2. The average molecular weight is 338 g/mol. The van der Waals surface area contributed by atoms with Crippen molar-refractivity contribution in [1.29, 1.82) is 0 Å². The van der Waals surface area contributed by atoms with Gasteiger partial charge in [0.1, 0.15) is 6.54 Å². The molecule has 1 aliphatic carbocycles. The van der Waals surface area contributed by atoms with Crippen molar-refractivity contribution in [3.63, 3.8) is 0 Å². The molecule has 0 aromatic carbocycles. The van der Waals surface area contributed by atoms with Gasteiger partial charge < -0.3 is 10.2 Å². The molecule has 0 spiro atoms. The third-order valence-corrected chi connectivity index (χ3v) is 5.46. The molecule has 0 aromatic heterocycles. The lowest BCUT2D eigenvalue weighted by atomic mass is 9.94. The highest BCUT2D eigenvalue weighted by atomic mass is 32.2. The van der Waals surface area contributed by atoms with Gasteiger partial charge in [0.05, 0.1) is 5.92 Å². The predicted octanol–water partition coefficient (Wildman–Crippen LogP) is 2.19. The summed E-state index contributed by atoms with van der Waals surface area (Å²) in [7, 11) is 0. The van der Waals surface area contributed by atoms with E-state index in [-0.39, 0.29) is 24.9 Å². The van der Waals surface area contributed by atoms with E-state index in [9.17, 15) is 22.8 Å². The zero-order valence-electron chi connectivity index (χ0n) is 12.5. The van der Waals surface area contributed by atoms with Gasteiger partial charge in [0.25, 0.3) is 0 Å². The fraction of sp³-hybridized carbons (Fsp3) is 0.857. The summed E-state index contributed by atoms with van der Waals surface area (Å²) in [6.07, 6.45) is 1.57. The number of rotatable bonds is 4. The standard InChI is InChI=1S/C14H21F3N2O2S/c1-22-11-5-3-2-4-10(11)18-13(21)9-6-12(20)19(7-9)8-14(15,16)17/h9-11H,2-8H2,1H3,(H,18,21). The number of alkyl halides is 3. The van der Waals surface area contributed by atoms with Crippen LogP contribution in [0.25, 0.3) is 0 Å². The van der Waals surface area contributed by atoms with Gasteiger partial charge in [-0.2, -0.15) is 24.9 Å². The molecule has 1 saturated heterocycles. The van der Waals surface area contributed by atoms with E-state index < -0.39 is 24.5 Å². The van der Waals surface area contributed by atoms with Crippen molar-refractivity contribution >= 4 is 23.6 Å². The maximum Gasteiger partial charge on any atom is 0.406 e. The monoisotopic (exact) mass is 338 g/mol. The Morgan fingerprint density at radius 3 is 2.68 bits per heavy atom. The molecular formula is C14H21F3N2O2S. The summed E-state index contributed by atoms with van der Waals surface area (Å²) in [6, 6.07) is 0.0584. The van der Waals surface area contributed by atoms with Crippen LogP contribution in [0.3, 0.4) is 0 Å². The second kappa shape index (κ2) is 7.10. The lowest BCUT2D eigenvalue weighted by Crippen LogP contribution is -2.46. The number of nitrogens with zero attached hydrogens (tertiary/aromatic N) is 1. The van der Waals surface area contributed by atoms with Crippen molar-refractivity contribution in [3.05, 3.63) is 0 Å². The summed E-state index contributed by atoms with van der Waals surface area (Å²) in [5.41, 5.74) is 0. The molecule has 1 heterocycles. The molecule has 0 bridgehead atoms. The highest BCUT2D eigenvalue weighted by Gasteiger charge is 2.41. The van der Waals surface area contributed by atoms with Gasteiger partial charge in [0.15, 0.2) is 0 Å². The topological polar surface area (TPSA) is 49.4 Å². The Hall–Kier alpha value is -0.920. The molecule has 22 heavy (non-hydrogen) atoms. The van der Waals surface area contributed by atoms with E-state index in [0.29, 0.717) is 5.25 Å². The molecule has 126 valence electrons. The van der Waals surface area contributed by atoms with E-state index in [2.05, 4.69) is 5.32 Å². The fourth-order valence-corrected chi connectivity index (χ4v) is 4.10. The largest absolute Gasteiger partial charge is 0.406 e. The number of carbonyl (C=O) groups is 2. The van der Waals surface area contributed by atoms with Crippen LogP contribution in [0.2, 0.25) is 0 Å². The fourth-order valence-electron chi connectivity index (χ4n) is 3.16. The van der Waals surface area contributed by atoms with Gasteiger partial charge in [-0.3, -0.25) is 9.59 Å². The summed E-state index contributed by atoms with van der Waals surface area (Å²) in [5, 5.41) is 3.29. The first-order valence-electron chi connectivity index (χ1n) is 7.48. The second-order valence-electron chi connectivity index (χ2n) is 5.96. The van der Waals surface area contributed by atoms with Gasteiger partial charge in [-0.05, 0) is 19.1 Å². The van der Waals surface area contributed by atoms with E-state index in [4.69, 9.17) is 0 Å². The van der Waals surface area contributed by atoms with Crippen LogP contribution >= 0.6 is 11.8 Å². The number of hydrogen-bond acceptors (Lipinski definition) is 3. The Morgan fingerprint density at radius 2 is 2.05 bits per heavy atom. The molecule has 1 aliphatic heterocycles. The molecule has 1 saturated carbocycles. The van der Waals surface area contributed by atoms with Crippen LogP contribution < -0.4 is 5.32 Å². The Balaban J connectivity index is 1.89. The predicted molar refractivity (Wildman–Crippen MR) is 78.4 cm³/mol. The van der Waals surface area contributed by atoms with Gasteiger partial charge in [0.2, 0.25) is 11.8 Å². The summed E-state index contributed by atoms with van der Waals surface area (Å²) in [5.74, 6) is -1.55. The number of carbonyl (C=O) groups excluding carboxylic acids is 2. The van der Waals surface area contributed by atoms with Crippen LogP contribution in [0.5, 0.6) is 0 Å². The van der Waals surface area contributed by atoms with E-state index in [1.54, 1.807) is 11.8 Å². The van der Waals surface area contributed by atoms with Crippen molar-refractivity contribution in [1.82, 2.24) is 10.2 Å². The van der Waals surface area contributed by atoms with Gasteiger partial charge in [0, 0.05) is 24.3 Å². The van der Waals surface area contributed by atoms with Crippen LogP contribution in [-0.4, -0.2) is 53.5 Å². The molecule has 2 amide bonds. The molecule has 2 rings (SSSR count). The average Bonchev–Trinajstić information content (AvgIpc) is 2.79. The normalized spacial score (nSPS) is 29.7. The maximum atomic E-state index is 12.4. The van der Waals surface area contributed by atoms with Crippen LogP contribution in [0.1, 0.15) is 32.1 Å². The van der Waals surface area contributed by atoms with Gasteiger partial charge >= 0.3 is 6.18 Å². The number of nitrogens with one attached hydrogen (secondary N) is 1. The Morgan fingerprint density at radius 1 is 1.36 bits per heavy atom. The van der Waals surface area contributed by atoms with Gasteiger partial charge in [-0.25, -0.2) is 0 Å². The summed E-state index contributed by atoms with van der Waals surface area (Å²) < 4.78 is 37.1. The van der Waals surface area contributed by atoms with Crippen molar-refractivity contribution in [2.24, 2.45) is 5.92 Å². The van der Waals surface area contributed by atoms with Crippen LogP contribution in [-0.2, 0) is 9.59 Å². The van der Waals surface area contributed by atoms with E-state index >= 15 is 0 Å². The Bertz CT molecular complexity index is 431. The number of halogens is 3. The minimum Gasteiger partial charge on any atom is -0.352 e. The molecule has 8 heteroatoms. The summed E-state index contributed by atoms with van der Waals surface area (Å²) >= 11 is 1.71. The zero-order valence-corrected chi connectivity index (χ0v) is 13.3. The van der Waals surface area contributed by atoms with Gasteiger partial charge in [-0.1, -0.05) is 12.8 Å². The highest BCUT2D eigenvalue weighted by Crippen LogP contribution is 2.28. The van der Waals surface area contributed by atoms with Gasteiger partial charge in [-0.15, -0.1) is 0 Å². The highest BCUT2D eigenvalue weighted by molar-refractivity contribution is 7.99. The zero-order chi connectivity index (χ0) is 16.3. The molecule has 2 fully saturated rings. The first kappa shape index (κ1) is 17.4. The van der Waals surface area contributed by atoms with Crippen LogP contribution in [0, 0.1) is 5.92 Å². The third kappa shape index (κ3) is 4.54. The Kier molecular flexibility index (Phi) is 5.63. The molecular weight excluding hydrogens is 317 g/mol. The number of thioether (sulfide) groups is 1. The van der Waals surface area contributed by atoms with E-state index in [0.717, 1.165) is 30.6 Å². The van der Waals surface area contributed by atoms with Crippen molar-refractivity contribution in [3.8, 4) is 0 Å². The quantitative estimate of drug-likeness (QED) is 0.855. The minimum absolute atomic E-state index is 0.0584. The molecule has 3 atom stereocenters. The SMILES string of the molecule is CSC1CCCCC1NC(=O)C1CC(=O)N(CC(F)(F)F)C1. The first-order valence-corrected chi connectivity index (χ1v) is 8.76. The smallest absolute Gasteiger partial charge is 0.352 e. The van der Waals surface area contributed by atoms with Crippen LogP contribution in [0.15, 0.2) is 0 Å². The van der Waals surface area contributed by atoms with Crippen LogP contribution in [0.4, 0.5) is 13.2 Å².